The highest BCUT2D eigenvalue weighted by atomic mass is 16.5. The van der Waals surface area contributed by atoms with Gasteiger partial charge in [-0.1, -0.05) is 6.07 Å². The van der Waals surface area contributed by atoms with Crippen molar-refractivity contribution >= 4 is 5.78 Å². The topological polar surface area (TPSA) is 68.2 Å². The SMILES string of the molecule is COc1ccc2c3c1OC1C(=O)CCC4(O)[C@H](C2)N(CC2CCCO2)CC[C@@]314. The normalized spacial score (nSPS) is 40.9. The number of piperidine rings is 1. The summed E-state index contributed by atoms with van der Waals surface area (Å²) in [6.07, 6.45) is 4.27. The predicted molar refractivity (Wildman–Crippen MR) is 101 cm³/mol. The number of nitrogens with zero attached hydrogens (tertiary/aromatic N) is 1. The highest BCUT2D eigenvalue weighted by Crippen LogP contribution is 2.64. The van der Waals surface area contributed by atoms with Gasteiger partial charge in [-0.2, -0.15) is 0 Å². The Morgan fingerprint density at radius 2 is 2.25 bits per heavy atom. The van der Waals surface area contributed by atoms with Crippen LogP contribution in [0.2, 0.25) is 0 Å². The van der Waals surface area contributed by atoms with Crippen LogP contribution in [0.4, 0.5) is 0 Å². The Bertz CT molecular complexity index is 850. The van der Waals surface area contributed by atoms with Crippen molar-refractivity contribution in [3.8, 4) is 11.5 Å². The summed E-state index contributed by atoms with van der Waals surface area (Å²) in [5.74, 6) is 1.46. The van der Waals surface area contributed by atoms with Crippen LogP contribution >= 0.6 is 0 Å². The average Bonchev–Trinajstić information content (AvgIpc) is 3.32. The van der Waals surface area contributed by atoms with E-state index in [1.165, 1.54) is 5.56 Å². The van der Waals surface area contributed by atoms with E-state index in [1.807, 2.05) is 6.07 Å². The number of hydrogen-bond donors (Lipinski definition) is 1. The zero-order chi connectivity index (χ0) is 19.1. The summed E-state index contributed by atoms with van der Waals surface area (Å²) in [5.41, 5.74) is 0.644. The lowest BCUT2D eigenvalue weighted by Gasteiger charge is -2.62. The van der Waals surface area contributed by atoms with Gasteiger partial charge >= 0.3 is 0 Å². The molecule has 1 aromatic rings. The van der Waals surface area contributed by atoms with Crippen LogP contribution < -0.4 is 9.47 Å². The van der Waals surface area contributed by atoms with Gasteiger partial charge in [0, 0.05) is 31.2 Å². The highest BCUT2D eigenvalue weighted by Gasteiger charge is 2.73. The molecular weight excluding hydrogens is 358 g/mol. The summed E-state index contributed by atoms with van der Waals surface area (Å²) in [7, 11) is 1.63. The molecule has 1 N–H and O–H groups in total. The van der Waals surface area contributed by atoms with Gasteiger partial charge in [0.15, 0.2) is 23.4 Å². The number of carbonyl (C=O) groups is 1. The molecule has 1 saturated carbocycles. The van der Waals surface area contributed by atoms with Crippen molar-refractivity contribution in [2.75, 3.05) is 26.8 Å². The molecule has 3 unspecified atom stereocenters. The Morgan fingerprint density at radius 1 is 1.36 bits per heavy atom. The molecule has 28 heavy (non-hydrogen) atoms. The molecular formula is C22H27NO5. The Labute approximate surface area is 164 Å². The van der Waals surface area contributed by atoms with Crippen LogP contribution in [0, 0.1) is 0 Å². The molecule has 5 aliphatic rings. The van der Waals surface area contributed by atoms with Crippen molar-refractivity contribution in [1.29, 1.82) is 0 Å². The largest absolute Gasteiger partial charge is 0.493 e. The summed E-state index contributed by atoms with van der Waals surface area (Å²) >= 11 is 0. The van der Waals surface area contributed by atoms with Gasteiger partial charge < -0.3 is 19.3 Å². The lowest BCUT2D eigenvalue weighted by Crippen LogP contribution is -2.76. The lowest BCUT2D eigenvalue weighted by atomic mass is 9.49. The Balaban J connectivity index is 1.50. The number of methoxy groups -OCH3 is 1. The fourth-order valence-corrected chi connectivity index (χ4v) is 6.83. The first-order valence-corrected chi connectivity index (χ1v) is 10.6. The smallest absolute Gasteiger partial charge is 0.174 e. The third-order valence-corrected chi connectivity index (χ3v) is 8.04. The average molecular weight is 385 g/mol. The van der Waals surface area contributed by atoms with Gasteiger partial charge in [-0.25, -0.2) is 0 Å². The van der Waals surface area contributed by atoms with Gasteiger partial charge in [0.1, 0.15) is 0 Å². The molecule has 1 aromatic carbocycles. The second-order valence-electron chi connectivity index (χ2n) is 9.09. The molecule has 0 radical (unpaired) electrons. The minimum Gasteiger partial charge on any atom is -0.493 e. The first kappa shape index (κ1) is 17.2. The van der Waals surface area contributed by atoms with Gasteiger partial charge in [-0.05, 0) is 50.3 Å². The summed E-state index contributed by atoms with van der Waals surface area (Å²) in [4.78, 5) is 15.3. The molecule has 3 heterocycles. The summed E-state index contributed by atoms with van der Waals surface area (Å²) in [6, 6.07) is 4.04. The molecule has 3 fully saturated rings. The van der Waals surface area contributed by atoms with Crippen LogP contribution in [0.25, 0.3) is 0 Å². The van der Waals surface area contributed by atoms with E-state index in [0.29, 0.717) is 24.3 Å². The number of likely N-dealkylation sites (tertiary alicyclic amines) is 1. The fraction of sp³-hybridized carbons (Fsp3) is 0.682. The quantitative estimate of drug-likeness (QED) is 0.853. The molecule has 150 valence electrons. The maximum Gasteiger partial charge on any atom is 0.174 e. The van der Waals surface area contributed by atoms with E-state index in [2.05, 4.69) is 11.0 Å². The Morgan fingerprint density at radius 3 is 3.04 bits per heavy atom. The first-order chi connectivity index (χ1) is 13.6. The predicted octanol–water partition coefficient (Wildman–Crippen LogP) is 1.60. The van der Waals surface area contributed by atoms with Crippen molar-refractivity contribution in [1.82, 2.24) is 4.90 Å². The molecule has 1 spiro atoms. The fourth-order valence-electron chi connectivity index (χ4n) is 6.83. The van der Waals surface area contributed by atoms with Gasteiger partial charge in [0.25, 0.3) is 0 Å². The summed E-state index contributed by atoms with van der Waals surface area (Å²) in [5, 5.41) is 12.2. The molecule has 5 atom stereocenters. The number of ketones is 1. The molecule has 6 nitrogen and oxygen atoms in total. The van der Waals surface area contributed by atoms with Crippen LogP contribution in [0.15, 0.2) is 12.1 Å². The molecule has 6 rings (SSSR count). The van der Waals surface area contributed by atoms with Gasteiger partial charge in [-0.3, -0.25) is 9.69 Å². The van der Waals surface area contributed by atoms with Crippen molar-refractivity contribution < 1.29 is 24.1 Å². The molecule has 0 amide bonds. The zero-order valence-electron chi connectivity index (χ0n) is 16.3. The summed E-state index contributed by atoms with van der Waals surface area (Å²) in [6.45, 7) is 2.56. The molecule has 3 aliphatic heterocycles. The van der Waals surface area contributed by atoms with Gasteiger partial charge in [0.05, 0.1) is 24.2 Å². The number of aliphatic hydroxyl groups is 1. The number of hydrogen-bond acceptors (Lipinski definition) is 6. The second-order valence-corrected chi connectivity index (χ2v) is 9.09. The van der Waals surface area contributed by atoms with Crippen LogP contribution in [-0.4, -0.2) is 66.4 Å². The zero-order valence-corrected chi connectivity index (χ0v) is 16.3. The molecule has 0 aromatic heterocycles. The number of Topliss-reactive ketones (excluding diaryl/α,β-unsaturated/α-hetero) is 1. The van der Waals surface area contributed by atoms with E-state index < -0.39 is 17.1 Å². The molecule has 2 saturated heterocycles. The van der Waals surface area contributed by atoms with E-state index in [9.17, 15) is 9.90 Å². The molecule has 2 bridgehead atoms. The van der Waals surface area contributed by atoms with Crippen LogP contribution in [-0.2, 0) is 21.4 Å². The third-order valence-electron chi connectivity index (χ3n) is 8.04. The number of ether oxygens (including phenoxy) is 3. The first-order valence-electron chi connectivity index (χ1n) is 10.6. The van der Waals surface area contributed by atoms with Crippen LogP contribution in [0.1, 0.15) is 43.2 Å². The standard InChI is InChI=1S/C22H27NO5/c1-26-16-5-4-13-11-17-22(25)7-6-15(24)20-21(22,18(13)19(16)28-20)8-9-23(17)12-14-3-2-10-27-14/h4-5,14,17,20,25H,2-3,6-12H2,1H3/t14?,17-,20?,21+,22?/m0/s1. The van der Waals surface area contributed by atoms with E-state index in [4.69, 9.17) is 14.2 Å². The van der Waals surface area contributed by atoms with Crippen molar-refractivity contribution in [3.63, 3.8) is 0 Å². The van der Waals surface area contributed by atoms with Crippen molar-refractivity contribution in [2.45, 2.75) is 67.8 Å². The maximum absolute atomic E-state index is 12.9. The Hall–Kier alpha value is -1.63. The number of benzene rings is 1. The second kappa shape index (κ2) is 5.71. The highest BCUT2D eigenvalue weighted by molar-refractivity contribution is 5.90. The Kier molecular flexibility index (Phi) is 3.52. The third kappa shape index (κ3) is 1.91. The lowest BCUT2D eigenvalue weighted by molar-refractivity contribution is -0.191. The molecule has 6 heteroatoms. The van der Waals surface area contributed by atoms with Crippen LogP contribution in [0.3, 0.4) is 0 Å². The number of carbonyl (C=O) groups excluding carboxylic acids is 1. The van der Waals surface area contributed by atoms with Gasteiger partial charge in [-0.15, -0.1) is 0 Å². The molecule has 2 aliphatic carbocycles. The maximum atomic E-state index is 12.9. The monoisotopic (exact) mass is 385 g/mol. The van der Waals surface area contributed by atoms with Crippen molar-refractivity contribution in [3.05, 3.63) is 23.3 Å². The van der Waals surface area contributed by atoms with E-state index in [0.717, 1.165) is 50.9 Å². The van der Waals surface area contributed by atoms with E-state index in [-0.39, 0.29) is 17.9 Å². The summed E-state index contributed by atoms with van der Waals surface area (Å²) < 4.78 is 17.7. The minimum atomic E-state index is -0.951. The number of rotatable bonds is 3. The van der Waals surface area contributed by atoms with E-state index in [1.54, 1.807) is 7.11 Å². The van der Waals surface area contributed by atoms with Crippen molar-refractivity contribution in [2.24, 2.45) is 0 Å². The minimum absolute atomic E-state index is 0.00325. The van der Waals surface area contributed by atoms with Gasteiger partial charge in [0.2, 0.25) is 0 Å². The van der Waals surface area contributed by atoms with E-state index >= 15 is 0 Å². The van der Waals surface area contributed by atoms with Crippen LogP contribution in [0.5, 0.6) is 11.5 Å².